The largest absolute Gasteiger partial charge is 0.455 e. The number of nitrogen functional groups attached to an aromatic ring is 1. The van der Waals surface area contributed by atoms with Crippen LogP contribution in [0.4, 0.5) is 5.69 Å². The number of hydrogen-bond acceptors (Lipinski definition) is 4. The maximum Gasteiger partial charge on any atom is 0.177 e. The van der Waals surface area contributed by atoms with Crippen LogP contribution in [0.25, 0.3) is 0 Å². The van der Waals surface area contributed by atoms with E-state index in [9.17, 15) is 8.42 Å². The zero-order chi connectivity index (χ0) is 14.9. The molecule has 106 valence electrons. The molecule has 0 heterocycles. The smallest absolute Gasteiger partial charge is 0.177 e. The monoisotopic (exact) mass is 291 g/mol. The fraction of sp³-hybridized carbons (Fsp3) is 0.200. The molecule has 0 radical (unpaired) electrons. The lowest BCUT2D eigenvalue weighted by Crippen LogP contribution is -2.03. The maximum absolute atomic E-state index is 11.6. The summed E-state index contributed by atoms with van der Waals surface area (Å²) in [5.41, 5.74) is 8.27. The van der Waals surface area contributed by atoms with E-state index < -0.39 is 9.84 Å². The Morgan fingerprint density at radius 2 is 1.75 bits per heavy atom. The summed E-state index contributed by atoms with van der Waals surface area (Å²) in [7, 11) is -3.37. The fourth-order valence-corrected chi connectivity index (χ4v) is 2.67. The Morgan fingerprint density at radius 3 is 2.35 bits per heavy atom. The normalized spacial score (nSPS) is 11.3. The van der Waals surface area contributed by atoms with Crippen LogP contribution in [0, 0.1) is 13.8 Å². The summed E-state index contributed by atoms with van der Waals surface area (Å²) in [5.74, 6) is 0.974. The first kappa shape index (κ1) is 14.4. The van der Waals surface area contributed by atoms with Gasteiger partial charge in [-0.3, -0.25) is 0 Å². The van der Waals surface area contributed by atoms with Gasteiger partial charge in [0.25, 0.3) is 0 Å². The van der Waals surface area contributed by atoms with Crippen molar-refractivity contribution < 1.29 is 13.2 Å². The van der Waals surface area contributed by atoms with E-state index in [0.717, 1.165) is 17.4 Å². The molecule has 4 nitrogen and oxygen atoms in total. The molecule has 0 aliphatic carbocycles. The summed E-state index contributed by atoms with van der Waals surface area (Å²) in [4.78, 5) is 0.0823. The SMILES string of the molecule is Cc1ccc(Oc2cccc(S(C)(=O)=O)c2N)cc1C. The molecule has 20 heavy (non-hydrogen) atoms. The van der Waals surface area contributed by atoms with Crippen molar-refractivity contribution in [2.45, 2.75) is 18.7 Å². The lowest BCUT2D eigenvalue weighted by Gasteiger charge is -2.12. The van der Waals surface area contributed by atoms with Crippen LogP contribution in [0.3, 0.4) is 0 Å². The van der Waals surface area contributed by atoms with Gasteiger partial charge in [0.1, 0.15) is 5.75 Å². The molecule has 0 bridgehead atoms. The zero-order valence-electron chi connectivity index (χ0n) is 11.7. The van der Waals surface area contributed by atoms with E-state index in [1.807, 2.05) is 32.0 Å². The van der Waals surface area contributed by atoms with Gasteiger partial charge in [0, 0.05) is 6.26 Å². The second-order valence-electron chi connectivity index (χ2n) is 4.79. The van der Waals surface area contributed by atoms with Crippen molar-refractivity contribution in [1.29, 1.82) is 0 Å². The Kier molecular flexibility index (Phi) is 3.72. The minimum atomic E-state index is -3.37. The van der Waals surface area contributed by atoms with Gasteiger partial charge in [-0.15, -0.1) is 0 Å². The molecule has 0 spiro atoms. The Balaban J connectivity index is 2.42. The highest BCUT2D eigenvalue weighted by Gasteiger charge is 2.15. The van der Waals surface area contributed by atoms with E-state index in [0.29, 0.717) is 11.5 Å². The number of sulfone groups is 1. The van der Waals surface area contributed by atoms with Crippen molar-refractivity contribution >= 4 is 15.5 Å². The number of ether oxygens (including phenoxy) is 1. The second-order valence-corrected chi connectivity index (χ2v) is 6.77. The lowest BCUT2D eigenvalue weighted by molar-refractivity contribution is 0.483. The highest BCUT2D eigenvalue weighted by molar-refractivity contribution is 7.90. The molecular weight excluding hydrogens is 274 g/mol. The van der Waals surface area contributed by atoms with Crippen LogP contribution in [0.15, 0.2) is 41.3 Å². The summed E-state index contributed by atoms with van der Waals surface area (Å²) in [6, 6.07) is 10.4. The topological polar surface area (TPSA) is 69.4 Å². The molecule has 2 rings (SSSR count). The molecule has 0 fully saturated rings. The lowest BCUT2D eigenvalue weighted by atomic mass is 10.1. The summed E-state index contributed by atoms with van der Waals surface area (Å²) < 4.78 is 28.9. The molecule has 2 aromatic rings. The Bertz CT molecular complexity index is 752. The molecule has 2 aromatic carbocycles. The van der Waals surface area contributed by atoms with Gasteiger partial charge >= 0.3 is 0 Å². The van der Waals surface area contributed by atoms with Gasteiger partial charge in [-0.25, -0.2) is 8.42 Å². The van der Waals surface area contributed by atoms with Crippen molar-refractivity contribution in [3.8, 4) is 11.5 Å². The molecule has 2 N–H and O–H groups in total. The molecule has 0 aromatic heterocycles. The molecule has 0 aliphatic rings. The van der Waals surface area contributed by atoms with Crippen LogP contribution in [0.5, 0.6) is 11.5 Å². The first-order valence-electron chi connectivity index (χ1n) is 6.12. The third kappa shape index (κ3) is 2.93. The van der Waals surface area contributed by atoms with E-state index in [1.54, 1.807) is 12.1 Å². The van der Waals surface area contributed by atoms with Crippen LogP contribution < -0.4 is 10.5 Å². The molecule has 0 unspecified atom stereocenters. The van der Waals surface area contributed by atoms with Gasteiger partial charge in [-0.1, -0.05) is 12.1 Å². The summed E-state index contributed by atoms with van der Waals surface area (Å²) in [6.45, 7) is 4.00. The summed E-state index contributed by atoms with van der Waals surface area (Å²) >= 11 is 0. The maximum atomic E-state index is 11.6. The molecule has 0 aliphatic heterocycles. The average Bonchev–Trinajstić information content (AvgIpc) is 2.35. The van der Waals surface area contributed by atoms with Crippen molar-refractivity contribution in [2.75, 3.05) is 12.0 Å². The van der Waals surface area contributed by atoms with Gasteiger partial charge in [0.2, 0.25) is 0 Å². The minimum absolute atomic E-state index is 0.0823. The predicted molar refractivity (Wildman–Crippen MR) is 80.0 cm³/mol. The van der Waals surface area contributed by atoms with Crippen molar-refractivity contribution in [3.63, 3.8) is 0 Å². The van der Waals surface area contributed by atoms with Crippen molar-refractivity contribution in [3.05, 3.63) is 47.5 Å². The van der Waals surface area contributed by atoms with Crippen LogP contribution >= 0.6 is 0 Å². The number of aryl methyl sites for hydroxylation is 2. The van der Waals surface area contributed by atoms with Gasteiger partial charge in [-0.05, 0) is 49.2 Å². The third-order valence-electron chi connectivity index (χ3n) is 3.13. The van der Waals surface area contributed by atoms with E-state index in [1.165, 1.54) is 6.07 Å². The van der Waals surface area contributed by atoms with Crippen molar-refractivity contribution in [2.24, 2.45) is 0 Å². The van der Waals surface area contributed by atoms with Gasteiger partial charge in [-0.2, -0.15) is 0 Å². The number of hydrogen-bond donors (Lipinski definition) is 1. The van der Waals surface area contributed by atoms with E-state index in [2.05, 4.69) is 0 Å². The molecule has 0 atom stereocenters. The summed E-state index contributed by atoms with van der Waals surface area (Å²) in [5, 5.41) is 0. The summed E-state index contributed by atoms with van der Waals surface area (Å²) in [6.07, 6.45) is 1.12. The van der Waals surface area contributed by atoms with Crippen molar-refractivity contribution in [1.82, 2.24) is 0 Å². The van der Waals surface area contributed by atoms with Crippen LogP contribution in [-0.4, -0.2) is 14.7 Å². The highest BCUT2D eigenvalue weighted by Crippen LogP contribution is 2.32. The third-order valence-corrected chi connectivity index (χ3v) is 4.29. The molecule has 0 amide bonds. The first-order chi connectivity index (χ1) is 9.29. The van der Waals surface area contributed by atoms with Gasteiger partial charge in [0.05, 0.1) is 10.6 Å². The highest BCUT2D eigenvalue weighted by atomic mass is 32.2. The van der Waals surface area contributed by atoms with E-state index in [4.69, 9.17) is 10.5 Å². The quantitative estimate of drug-likeness (QED) is 0.882. The fourth-order valence-electron chi connectivity index (χ4n) is 1.84. The number of para-hydroxylation sites is 1. The van der Waals surface area contributed by atoms with Gasteiger partial charge < -0.3 is 10.5 Å². The zero-order valence-corrected chi connectivity index (χ0v) is 12.5. The van der Waals surface area contributed by atoms with Gasteiger partial charge in [0.15, 0.2) is 15.6 Å². The van der Waals surface area contributed by atoms with Crippen LogP contribution in [0.1, 0.15) is 11.1 Å². The number of anilines is 1. The standard InChI is InChI=1S/C15H17NO3S/c1-10-7-8-12(9-11(10)2)19-13-5-4-6-14(15(13)16)20(3,17)18/h4-9H,16H2,1-3H3. The molecular formula is C15H17NO3S. The Morgan fingerprint density at radius 1 is 1.05 bits per heavy atom. The molecule has 5 heteroatoms. The minimum Gasteiger partial charge on any atom is -0.455 e. The number of benzene rings is 2. The predicted octanol–water partition coefficient (Wildman–Crippen LogP) is 3.08. The van der Waals surface area contributed by atoms with Crippen LogP contribution in [-0.2, 0) is 9.84 Å². The molecule has 0 saturated carbocycles. The van der Waals surface area contributed by atoms with E-state index in [-0.39, 0.29) is 10.6 Å². The molecule has 0 saturated heterocycles. The number of rotatable bonds is 3. The Labute approximate surface area is 119 Å². The van der Waals surface area contributed by atoms with E-state index >= 15 is 0 Å². The number of nitrogens with two attached hydrogens (primary N) is 1. The van der Waals surface area contributed by atoms with Crippen LogP contribution in [0.2, 0.25) is 0 Å². The average molecular weight is 291 g/mol. The Hall–Kier alpha value is -2.01. The second kappa shape index (κ2) is 5.17. The first-order valence-corrected chi connectivity index (χ1v) is 8.02.